The number of benzene rings is 1. The van der Waals surface area contributed by atoms with Gasteiger partial charge in [-0.1, -0.05) is 11.3 Å². The van der Waals surface area contributed by atoms with Gasteiger partial charge in [-0.2, -0.15) is 4.68 Å². The molecule has 10 heteroatoms. The second-order valence-electron chi connectivity index (χ2n) is 7.35. The zero-order valence-corrected chi connectivity index (χ0v) is 17.0. The Kier molecular flexibility index (Phi) is 4.72. The van der Waals surface area contributed by atoms with Crippen LogP contribution in [0, 0.1) is 6.92 Å². The summed E-state index contributed by atoms with van der Waals surface area (Å²) in [6.07, 6.45) is 3.48. The molecule has 1 aromatic carbocycles. The standard InChI is InChI=1S/C20H23N7O3/c1-14-3-4-15-16(11-14)25(7-8-29-2)20(28)18-19(21-13-26(15)18)27-12-17(22-23-27)24-5-9-30-10-6-24/h3-4,11-13H,5-10H2,1-2H3. The average molecular weight is 409 g/mol. The van der Waals surface area contributed by atoms with E-state index in [9.17, 15) is 4.79 Å². The zero-order chi connectivity index (χ0) is 20.7. The smallest absolute Gasteiger partial charge is 0.279 e. The van der Waals surface area contributed by atoms with Crippen molar-refractivity contribution in [3.05, 3.63) is 46.6 Å². The summed E-state index contributed by atoms with van der Waals surface area (Å²) in [7, 11) is 1.63. The second-order valence-corrected chi connectivity index (χ2v) is 7.35. The molecular formula is C20H23N7O3. The number of morpholine rings is 1. The number of hydrogen-bond acceptors (Lipinski definition) is 7. The lowest BCUT2D eigenvalue weighted by Gasteiger charge is -2.25. The summed E-state index contributed by atoms with van der Waals surface area (Å²) in [4.78, 5) is 20.1. The SMILES string of the molecule is COCCn1c(=O)c2c(-n3cc(N4CCOCC4)nn3)ncn2c2ccc(C)cc21. The van der Waals surface area contributed by atoms with Crippen molar-refractivity contribution in [3.8, 4) is 5.82 Å². The maximum atomic E-state index is 13.5. The van der Waals surface area contributed by atoms with Crippen molar-refractivity contribution in [2.45, 2.75) is 13.5 Å². The Hall–Kier alpha value is -3.24. The molecule has 0 N–H and O–H groups in total. The van der Waals surface area contributed by atoms with Crippen LogP contribution < -0.4 is 10.5 Å². The monoisotopic (exact) mass is 409 g/mol. The van der Waals surface area contributed by atoms with Crippen LogP contribution in [0.5, 0.6) is 0 Å². The summed E-state index contributed by atoms with van der Waals surface area (Å²) in [5, 5.41) is 8.53. The molecule has 5 rings (SSSR count). The summed E-state index contributed by atoms with van der Waals surface area (Å²) in [6, 6.07) is 6.04. The van der Waals surface area contributed by atoms with E-state index in [1.165, 1.54) is 0 Å². The Labute approximate surface area is 172 Å². The number of aryl methyl sites for hydroxylation is 1. The molecule has 0 bridgehead atoms. The van der Waals surface area contributed by atoms with Gasteiger partial charge in [0.25, 0.3) is 5.56 Å². The Morgan fingerprint density at radius 1 is 1.20 bits per heavy atom. The van der Waals surface area contributed by atoms with Crippen LogP contribution >= 0.6 is 0 Å². The van der Waals surface area contributed by atoms with E-state index in [2.05, 4.69) is 20.2 Å². The largest absolute Gasteiger partial charge is 0.383 e. The third-order valence-corrected chi connectivity index (χ3v) is 5.43. The van der Waals surface area contributed by atoms with E-state index < -0.39 is 0 Å². The summed E-state index contributed by atoms with van der Waals surface area (Å²) < 4.78 is 15.8. The maximum absolute atomic E-state index is 13.5. The van der Waals surface area contributed by atoms with Crippen molar-refractivity contribution < 1.29 is 9.47 Å². The van der Waals surface area contributed by atoms with Crippen LogP contribution in [0.2, 0.25) is 0 Å². The minimum atomic E-state index is -0.138. The van der Waals surface area contributed by atoms with Gasteiger partial charge in [0.2, 0.25) is 0 Å². The first kappa shape index (κ1) is 18.8. The fraction of sp³-hybridized carbons (Fsp3) is 0.400. The molecular weight excluding hydrogens is 386 g/mol. The molecule has 1 aliphatic rings. The lowest BCUT2D eigenvalue weighted by Crippen LogP contribution is -2.36. The molecule has 0 aliphatic carbocycles. The van der Waals surface area contributed by atoms with E-state index in [0.29, 0.717) is 37.7 Å². The van der Waals surface area contributed by atoms with Crippen LogP contribution in [0.4, 0.5) is 5.82 Å². The Balaban J connectivity index is 1.68. The molecule has 0 amide bonds. The Morgan fingerprint density at radius 2 is 2.03 bits per heavy atom. The Morgan fingerprint density at radius 3 is 2.83 bits per heavy atom. The van der Waals surface area contributed by atoms with E-state index in [0.717, 1.165) is 35.5 Å². The first-order chi connectivity index (χ1) is 14.7. The molecule has 0 radical (unpaired) electrons. The highest BCUT2D eigenvalue weighted by molar-refractivity contribution is 5.81. The first-order valence-electron chi connectivity index (χ1n) is 9.92. The molecule has 3 aromatic heterocycles. The van der Waals surface area contributed by atoms with Crippen LogP contribution in [0.1, 0.15) is 5.56 Å². The Bertz CT molecular complexity index is 1270. The average Bonchev–Trinajstić information content (AvgIpc) is 3.42. The lowest BCUT2D eigenvalue weighted by atomic mass is 10.2. The highest BCUT2D eigenvalue weighted by atomic mass is 16.5. The van der Waals surface area contributed by atoms with Gasteiger partial charge >= 0.3 is 0 Å². The van der Waals surface area contributed by atoms with Crippen LogP contribution in [0.15, 0.2) is 35.5 Å². The van der Waals surface area contributed by atoms with E-state index in [4.69, 9.17) is 9.47 Å². The predicted octanol–water partition coefficient (Wildman–Crippen LogP) is 1.02. The molecule has 156 valence electrons. The van der Waals surface area contributed by atoms with Crippen molar-refractivity contribution in [3.63, 3.8) is 0 Å². The maximum Gasteiger partial charge on any atom is 0.279 e. The van der Waals surface area contributed by atoms with Crippen LogP contribution in [0.25, 0.3) is 22.4 Å². The topological polar surface area (TPSA) is 91.7 Å². The highest BCUT2D eigenvalue weighted by Crippen LogP contribution is 2.21. The predicted molar refractivity (Wildman–Crippen MR) is 112 cm³/mol. The van der Waals surface area contributed by atoms with Crippen molar-refractivity contribution in [2.75, 3.05) is 44.9 Å². The number of anilines is 1. The van der Waals surface area contributed by atoms with Gasteiger partial charge in [-0.15, -0.1) is 5.10 Å². The summed E-state index contributed by atoms with van der Waals surface area (Å²) in [5.41, 5.74) is 3.15. The van der Waals surface area contributed by atoms with E-state index >= 15 is 0 Å². The molecule has 4 aromatic rings. The molecule has 1 saturated heterocycles. The number of nitrogens with zero attached hydrogens (tertiary/aromatic N) is 7. The van der Waals surface area contributed by atoms with E-state index in [1.54, 1.807) is 22.7 Å². The minimum absolute atomic E-state index is 0.138. The minimum Gasteiger partial charge on any atom is -0.383 e. The molecule has 10 nitrogen and oxygen atoms in total. The molecule has 0 unspecified atom stereocenters. The highest BCUT2D eigenvalue weighted by Gasteiger charge is 2.20. The van der Waals surface area contributed by atoms with Gasteiger partial charge < -0.3 is 18.9 Å². The van der Waals surface area contributed by atoms with Crippen molar-refractivity contribution >= 4 is 22.4 Å². The van der Waals surface area contributed by atoms with Crippen LogP contribution in [0.3, 0.4) is 0 Å². The van der Waals surface area contributed by atoms with Gasteiger partial charge in [-0.3, -0.25) is 9.20 Å². The van der Waals surface area contributed by atoms with E-state index in [-0.39, 0.29) is 5.56 Å². The molecule has 30 heavy (non-hydrogen) atoms. The van der Waals surface area contributed by atoms with Gasteiger partial charge in [-0.25, -0.2) is 4.98 Å². The summed E-state index contributed by atoms with van der Waals surface area (Å²) in [6.45, 7) is 5.75. The van der Waals surface area contributed by atoms with Gasteiger partial charge in [0.15, 0.2) is 17.2 Å². The quantitative estimate of drug-likeness (QED) is 0.486. The molecule has 1 fully saturated rings. The second kappa shape index (κ2) is 7.54. The number of methoxy groups -OCH3 is 1. The van der Waals surface area contributed by atoms with E-state index in [1.807, 2.05) is 35.7 Å². The third kappa shape index (κ3) is 3.04. The number of ether oxygens (including phenoxy) is 2. The fourth-order valence-corrected chi connectivity index (χ4v) is 3.88. The summed E-state index contributed by atoms with van der Waals surface area (Å²) in [5.74, 6) is 1.20. The summed E-state index contributed by atoms with van der Waals surface area (Å²) >= 11 is 0. The van der Waals surface area contributed by atoms with Gasteiger partial charge in [0.1, 0.15) is 6.33 Å². The molecule has 4 heterocycles. The lowest BCUT2D eigenvalue weighted by molar-refractivity contribution is 0.122. The number of aromatic nitrogens is 6. The fourth-order valence-electron chi connectivity index (χ4n) is 3.88. The first-order valence-corrected chi connectivity index (χ1v) is 9.92. The van der Waals surface area contributed by atoms with Crippen LogP contribution in [-0.2, 0) is 16.0 Å². The third-order valence-electron chi connectivity index (χ3n) is 5.43. The molecule has 0 saturated carbocycles. The van der Waals surface area contributed by atoms with Crippen molar-refractivity contribution in [1.82, 2.24) is 28.9 Å². The van der Waals surface area contributed by atoms with Crippen LogP contribution in [-0.4, -0.2) is 69.0 Å². The molecule has 0 atom stereocenters. The molecule has 0 spiro atoms. The number of fused-ring (bicyclic) bond motifs is 3. The molecule has 1 aliphatic heterocycles. The van der Waals surface area contributed by atoms with Crippen molar-refractivity contribution in [2.24, 2.45) is 0 Å². The number of imidazole rings is 1. The number of rotatable bonds is 5. The number of hydrogen-bond donors (Lipinski definition) is 0. The van der Waals surface area contributed by atoms with Gasteiger partial charge in [0, 0.05) is 26.7 Å². The van der Waals surface area contributed by atoms with Crippen molar-refractivity contribution in [1.29, 1.82) is 0 Å². The van der Waals surface area contributed by atoms with Gasteiger partial charge in [0.05, 0.1) is 37.1 Å². The van der Waals surface area contributed by atoms with Gasteiger partial charge in [-0.05, 0) is 24.6 Å². The normalized spacial score (nSPS) is 14.8. The zero-order valence-electron chi connectivity index (χ0n) is 17.0.